The van der Waals surface area contributed by atoms with Gasteiger partial charge in [0.2, 0.25) is 0 Å². The van der Waals surface area contributed by atoms with E-state index in [1.807, 2.05) is 36.4 Å². The van der Waals surface area contributed by atoms with Crippen molar-refractivity contribution in [2.75, 3.05) is 20.7 Å². The molecule has 0 aromatic heterocycles. The Morgan fingerprint density at radius 2 is 1.48 bits per heavy atom. The third-order valence-corrected chi connectivity index (χ3v) is 5.30. The molecule has 162 valence electrons. The summed E-state index contributed by atoms with van der Waals surface area (Å²) in [6, 6.07) is 20.6. The summed E-state index contributed by atoms with van der Waals surface area (Å²) in [4.78, 5) is 6.37. The molecule has 0 aliphatic heterocycles. The predicted molar refractivity (Wildman–Crippen MR) is 117 cm³/mol. The lowest BCUT2D eigenvalue weighted by molar-refractivity contribution is -1.09. The van der Waals surface area contributed by atoms with Crippen LogP contribution in [0.5, 0.6) is 5.75 Å². The predicted octanol–water partition coefficient (Wildman–Crippen LogP) is 3.25. The van der Waals surface area contributed by atoms with Crippen molar-refractivity contribution in [3.63, 3.8) is 0 Å². The van der Waals surface area contributed by atoms with E-state index in [1.54, 1.807) is 0 Å². The summed E-state index contributed by atoms with van der Waals surface area (Å²) in [5.41, 5.74) is 1.31. The minimum atomic E-state index is -0.0000653. The summed E-state index contributed by atoms with van der Waals surface area (Å²) in [5.74, 6) is 0.910. The van der Waals surface area contributed by atoms with Gasteiger partial charge in [-0.2, -0.15) is 9.48 Å². The van der Waals surface area contributed by atoms with E-state index in [2.05, 4.69) is 59.1 Å². The summed E-state index contributed by atoms with van der Waals surface area (Å²) >= 11 is 0. The number of nitrogens with zero attached hydrogens (tertiary/aromatic N) is 1. The van der Waals surface area contributed by atoms with Crippen LogP contribution in [0.3, 0.4) is 0 Å². The lowest BCUT2D eigenvalue weighted by Gasteiger charge is -2.36. The second kappa shape index (κ2) is 12.2. The maximum absolute atomic E-state index is 6.42. The fourth-order valence-corrected chi connectivity index (χ4v) is 3.41. The Morgan fingerprint density at radius 3 is 2.07 bits per heavy atom. The van der Waals surface area contributed by atoms with E-state index < -0.39 is 0 Å². The molecule has 0 bridgehead atoms. The van der Waals surface area contributed by atoms with Gasteiger partial charge in [0, 0.05) is 11.0 Å². The molecule has 2 aromatic carbocycles. The zero-order chi connectivity index (χ0) is 20.5. The van der Waals surface area contributed by atoms with E-state index in [4.69, 9.17) is 9.57 Å². The number of hydroxylamine groups is 3. The monoisotopic (exact) mass is 419 g/mol. The maximum atomic E-state index is 6.42. The summed E-state index contributed by atoms with van der Waals surface area (Å²) in [5, 5.41) is 0. The first kappa shape index (κ1) is 25.5. The van der Waals surface area contributed by atoms with Crippen LogP contribution >= 0.6 is 0 Å². The third kappa shape index (κ3) is 9.20. The van der Waals surface area contributed by atoms with Crippen LogP contribution in [0.15, 0.2) is 60.7 Å². The first-order valence-electron chi connectivity index (χ1n) is 10.6. The molecule has 0 saturated carbocycles. The van der Waals surface area contributed by atoms with E-state index in [0.29, 0.717) is 11.3 Å². The molecular weight excluding hydrogens is 382 g/mol. The smallest absolute Gasteiger partial charge is 0.143 e. The molecule has 1 unspecified atom stereocenters. The highest BCUT2D eigenvalue weighted by atomic mass is 35.5. The van der Waals surface area contributed by atoms with Crippen molar-refractivity contribution in [3.8, 4) is 5.75 Å². The van der Waals surface area contributed by atoms with Crippen LogP contribution in [0.25, 0.3) is 0 Å². The van der Waals surface area contributed by atoms with E-state index in [0.717, 1.165) is 18.7 Å². The van der Waals surface area contributed by atoms with Gasteiger partial charge in [0.05, 0.1) is 14.1 Å². The molecule has 2 rings (SSSR count). The minimum absolute atomic E-state index is 0. The molecule has 0 aliphatic rings. The number of unbranched alkanes of at least 4 members (excludes halogenated alkanes) is 2. The lowest BCUT2D eigenvalue weighted by atomic mass is 9.81. The van der Waals surface area contributed by atoms with Gasteiger partial charge in [-0.1, -0.05) is 88.6 Å². The number of quaternary nitrogens is 1. The second-order valence-corrected chi connectivity index (χ2v) is 8.88. The molecule has 4 heteroatoms. The van der Waals surface area contributed by atoms with Crippen LogP contribution in [0.2, 0.25) is 0 Å². The molecule has 0 spiro atoms. The van der Waals surface area contributed by atoms with E-state index in [1.165, 1.54) is 24.8 Å². The molecule has 0 saturated heterocycles. The molecular formula is C25H38ClNO2. The Hall–Kier alpha value is -1.55. The number of hydrogen-bond acceptors (Lipinski definition) is 2. The van der Waals surface area contributed by atoms with Gasteiger partial charge in [0.1, 0.15) is 25.0 Å². The van der Waals surface area contributed by atoms with Crippen molar-refractivity contribution in [2.24, 2.45) is 5.41 Å². The number of rotatable bonds is 12. The Balaban J connectivity index is 0.00000420. The molecule has 29 heavy (non-hydrogen) atoms. The summed E-state index contributed by atoms with van der Waals surface area (Å²) in [6.07, 6.45) is 4.85. The quantitative estimate of drug-likeness (QED) is 0.298. The summed E-state index contributed by atoms with van der Waals surface area (Å²) < 4.78 is 6.90. The molecule has 0 aliphatic carbocycles. The number of halogens is 1. The fraction of sp³-hybridized carbons (Fsp3) is 0.520. The van der Waals surface area contributed by atoms with Crippen LogP contribution in [-0.2, 0) is 11.4 Å². The SMILES string of the molecule is CCCCCC(C)(C)C(CO[N+](C)(C)Cc1ccccc1)Oc1ccccc1.[Cl-]. The van der Waals surface area contributed by atoms with Crippen molar-refractivity contribution < 1.29 is 26.6 Å². The highest BCUT2D eigenvalue weighted by molar-refractivity contribution is 5.21. The Kier molecular flexibility index (Phi) is 10.7. The van der Waals surface area contributed by atoms with Crippen molar-refractivity contribution in [2.45, 2.75) is 59.1 Å². The first-order chi connectivity index (χ1) is 13.3. The average Bonchev–Trinajstić information content (AvgIpc) is 2.66. The number of benzene rings is 2. The van der Waals surface area contributed by atoms with Crippen LogP contribution in [0.1, 0.15) is 52.0 Å². The van der Waals surface area contributed by atoms with Gasteiger partial charge in [-0.05, 0) is 18.6 Å². The van der Waals surface area contributed by atoms with Crippen LogP contribution < -0.4 is 17.1 Å². The molecule has 3 nitrogen and oxygen atoms in total. The van der Waals surface area contributed by atoms with Crippen LogP contribution in [0.4, 0.5) is 0 Å². The Labute approximate surface area is 184 Å². The molecule has 2 aromatic rings. The van der Waals surface area contributed by atoms with E-state index in [-0.39, 0.29) is 23.9 Å². The third-order valence-electron chi connectivity index (χ3n) is 5.30. The van der Waals surface area contributed by atoms with Crippen LogP contribution in [0, 0.1) is 5.41 Å². The zero-order valence-electron chi connectivity index (χ0n) is 18.7. The molecule has 0 heterocycles. The summed E-state index contributed by atoms with van der Waals surface area (Å²) in [7, 11) is 4.22. The lowest BCUT2D eigenvalue weighted by Crippen LogP contribution is -3.00. The highest BCUT2D eigenvalue weighted by Crippen LogP contribution is 2.32. The van der Waals surface area contributed by atoms with Crippen LogP contribution in [-0.4, -0.2) is 31.5 Å². The normalized spacial score (nSPS) is 12.9. The van der Waals surface area contributed by atoms with Gasteiger partial charge >= 0.3 is 0 Å². The van der Waals surface area contributed by atoms with Crippen molar-refractivity contribution in [1.82, 2.24) is 0 Å². The maximum Gasteiger partial charge on any atom is 0.143 e. The molecule has 0 radical (unpaired) electrons. The number of ether oxygens (including phenoxy) is 1. The summed E-state index contributed by atoms with van der Waals surface area (Å²) in [6.45, 7) is 8.24. The standard InChI is InChI=1S/C25H38NO2.ClH/c1-6-7-14-19-25(2,3)24(28-23-17-12-9-13-18-23)21-27-26(4,5)20-22-15-10-8-11-16-22;/h8-13,15-18,24H,6-7,14,19-21H2,1-5H3;1H/q+1;/p-1. The molecule has 0 fully saturated rings. The molecule has 1 atom stereocenters. The zero-order valence-corrected chi connectivity index (χ0v) is 19.5. The number of para-hydroxylation sites is 1. The van der Waals surface area contributed by atoms with Gasteiger partial charge in [-0.3, -0.25) is 0 Å². The van der Waals surface area contributed by atoms with E-state index >= 15 is 0 Å². The van der Waals surface area contributed by atoms with Gasteiger partial charge in [0.25, 0.3) is 0 Å². The van der Waals surface area contributed by atoms with Crippen molar-refractivity contribution in [3.05, 3.63) is 66.2 Å². The highest BCUT2D eigenvalue weighted by Gasteiger charge is 2.34. The molecule has 0 N–H and O–H groups in total. The Bertz CT molecular complexity index is 674. The topological polar surface area (TPSA) is 18.5 Å². The Morgan fingerprint density at radius 1 is 0.897 bits per heavy atom. The second-order valence-electron chi connectivity index (χ2n) is 8.88. The first-order valence-corrected chi connectivity index (χ1v) is 10.6. The largest absolute Gasteiger partial charge is 1.00 e. The minimum Gasteiger partial charge on any atom is -1.00 e. The van der Waals surface area contributed by atoms with Gasteiger partial charge in [-0.25, -0.2) is 0 Å². The molecule has 0 amide bonds. The van der Waals surface area contributed by atoms with Crippen molar-refractivity contribution in [1.29, 1.82) is 0 Å². The van der Waals surface area contributed by atoms with Gasteiger partial charge in [-0.15, -0.1) is 0 Å². The van der Waals surface area contributed by atoms with E-state index in [9.17, 15) is 0 Å². The number of hydrogen-bond donors (Lipinski definition) is 0. The average molecular weight is 420 g/mol. The van der Waals surface area contributed by atoms with Gasteiger partial charge in [0.15, 0.2) is 0 Å². The van der Waals surface area contributed by atoms with Gasteiger partial charge < -0.3 is 17.1 Å². The van der Waals surface area contributed by atoms with Crippen molar-refractivity contribution >= 4 is 0 Å². The fourth-order valence-electron chi connectivity index (χ4n) is 3.41.